The van der Waals surface area contributed by atoms with E-state index in [1.165, 1.54) is 4.90 Å². The number of rotatable bonds is 7. The molecule has 0 atom stereocenters. The van der Waals surface area contributed by atoms with Gasteiger partial charge < -0.3 is 4.90 Å². The summed E-state index contributed by atoms with van der Waals surface area (Å²) in [6.45, 7) is 4.29. The van der Waals surface area contributed by atoms with Gasteiger partial charge in [0, 0.05) is 13.1 Å². The molecule has 7 nitrogen and oxygen atoms in total. The zero-order valence-corrected chi connectivity index (χ0v) is 12.6. The van der Waals surface area contributed by atoms with Crippen LogP contribution in [0.5, 0.6) is 0 Å². The SMILES string of the molecule is CCCN(CCC)c1ccc(C(F)(F)F)c([N+](=O)[O-])c1[N+](=O)[O-]. The predicted octanol–water partition coefficient (Wildman–Crippen LogP) is 4.15. The number of nitro groups is 2. The number of alkyl halides is 3. The van der Waals surface area contributed by atoms with Crippen LogP contribution in [0.3, 0.4) is 0 Å². The fourth-order valence-electron chi connectivity index (χ4n) is 2.31. The number of hydrogen-bond acceptors (Lipinski definition) is 5. The Hall–Kier alpha value is -2.39. The Morgan fingerprint density at radius 2 is 1.48 bits per heavy atom. The number of anilines is 1. The van der Waals surface area contributed by atoms with Crippen molar-refractivity contribution in [2.24, 2.45) is 0 Å². The van der Waals surface area contributed by atoms with Crippen LogP contribution in [0.2, 0.25) is 0 Å². The van der Waals surface area contributed by atoms with Crippen LogP contribution in [-0.2, 0) is 6.18 Å². The Labute approximate surface area is 130 Å². The third-order valence-electron chi connectivity index (χ3n) is 3.13. The van der Waals surface area contributed by atoms with Crippen LogP contribution in [0.25, 0.3) is 0 Å². The van der Waals surface area contributed by atoms with Gasteiger partial charge in [0.1, 0.15) is 11.3 Å². The first-order chi connectivity index (χ1) is 10.6. The second-order valence-electron chi connectivity index (χ2n) is 4.83. The summed E-state index contributed by atoms with van der Waals surface area (Å²) in [7, 11) is 0. The Balaban J connectivity index is 3.70. The minimum absolute atomic E-state index is 0.168. The number of halogens is 3. The van der Waals surface area contributed by atoms with Gasteiger partial charge >= 0.3 is 17.6 Å². The van der Waals surface area contributed by atoms with Gasteiger partial charge in [0.05, 0.1) is 9.85 Å². The van der Waals surface area contributed by atoms with Gasteiger partial charge in [-0.25, -0.2) is 0 Å². The molecule has 0 saturated heterocycles. The van der Waals surface area contributed by atoms with E-state index in [-0.39, 0.29) is 5.69 Å². The van der Waals surface area contributed by atoms with E-state index in [4.69, 9.17) is 0 Å². The molecule has 128 valence electrons. The molecule has 23 heavy (non-hydrogen) atoms. The van der Waals surface area contributed by atoms with Crippen molar-refractivity contribution in [1.29, 1.82) is 0 Å². The standard InChI is InChI=1S/C13H16F3N3O4/c1-3-7-17(8-4-2)10-6-5-9(13(14,15)16)11(18(20)21)12(10)19(22)23/h5-6H,3-4,7-8H2,1-2H3. The molecule has 0 aliphatic heterocycles. The smallest absolute Gasteiger partial charge is 0.366 e. The van der Waals surface area contributed by atoms with Gasteiger partial charge in [0.25, 0.3) is 0 Å². The molecule has 0 radical (unpaired) electrons. The average Bonchev–Trinajstić information content (AvgIpc) is 2.44. The van der Waals surface area contributed by atoms with E-state index >= 15 is 0 Å². The minimum atomic E-state index is -5.05. The Bertz CT molecular complexity index is 599. The van der Waals surface area contributed by atoms with E-state index in [0.29, 0.717) is 32.0 Å². The molecule has 0 spiro atoms. The maximum atomic E-state index is 12.9. The minimum Gasteiger partial charge on any atom is -0.366 e. The van der Waals surface area contributed by atoms with Gasteiger partial charge in [-0.2, -0.15) is 13.2 Å². The second kappa shape index (κ2) is 7.25. The fraction of sp³-hybridized carbons (Fsp3) is 0.538. The summed E-state index contributed by atoms with van der Waals surface area (Å²) in [6, 6.07) is 1.46. The first kappa shape index (κ1) is 18.7. The zero-order chi connectivity index (χ0) is 17.8. The summed E-state index contributed by atoms with van der Waals surface area (Å²) in [6.07, 6.45) is -3.87. The van der Waals surface area contributed by atoms with Gasteiger partial charge in [-0.05, 0) is 25.0 Å². The topological polar surface area (TPSA) is 89.5 Å². The Kier molecular flexibility index (Phi) is 5.88. The van der Waals surface area contributed by atoms with Crippen molar-refractivity contribution < 1.29 is 23.0 Å². The molecule has 0 bridgehead atoms. The highest BCUT2D eigenvalue weighted by atomic mass is 19.4. The molecule has 0 heterocycles. The summed E-state index contributed by atoms with van der Waals surface area (Å²) in [5.41, 5.74) is -4.42. The van der Waals surface area contributed by atoms with Crippen LogP contribution in [0, 0.1) is 20.2 Å². The van der Waals surface area contributed by atoms with Gasteiger partial charge in [-0.15, -0.1) is 0 Å². The number of nitro benzene ring substituents is 2. The quantitative estimate of drug-likeness (QED) is 0.551. The molecule has 0 unspecified atom stereocenters. The molecular weight excluding hydrogens is 319 g/mol. The number of nitrogens with zero attached hydrogens (tertiary/aromatic N) is 3. The van der Waals surface area contributed by atoms with Crippen LogP contribution in [0.15, 0.2) is 12.1 Å². The first-order valence-corrected chi connectivity index (χ1v) is 6.93. The summed E-state index contributed by atoms with van der Waals surface area (Å²) < 4.78 is 38.8. The van der Waals surface area contributed by atoms with Crippen molar-refractivity contribution in [3.05, 3.63) is 37.9 Å². The van der Waals surface area contributed by atoms with E-state index in [2.05, 4.69) is 0 Å². The van der Waals surface area contributed by atoms with E-state index < -0.39 is 33.0 Å². The van der Waals surface area contributed by atoms with Crippen LogP contribution in [0.4, 0.5) is 30.2 Å². The third kappa shape index (κ3) is 4.08. The van der Waals surface area contributed by atoms with Crippen LogP contribution in [-0.4, -0.2) is 22.9 Å². The normalized spacial score (nSPS) is 11.3. The summed E-state index contributed by atoms with van der Waals surface area (Å²) in [4.78, 5) is 21.3. The number of benzene rings is 1. The Morgan fingerprint density at radius 1 is 1.00 bits per heavy atom. The van der Waals surface area contributed by atoms with Crippen molar-refractivity contribution >= 4 is 17.1 Å². The number of hydrogen-bond donors (Lipinski definition) is 0. The largest absolute Gasteiger partial charge is 0.423 e. The molecule has 0 aromatic heterocycles. The summed E-state index contributed by atoms with van der Waals surface area (Å²) in [5, 5.41) is 22.3. The van der Waals surface area contributed by atoms with Gasteiger partial charge in [0.15, 0.2) is 0 Å². The van der Waals surface area contributed by atoms with E-state index in [9.17, 15) is 33.4 Å². The fourth-order valence-corrected chi connectivity index (χ4v) is 2.31. The second-order valence-corrected chi connectivity index (χ2v) is 4.83. The highest BCUT2D eigenvalue weighted by Crippen LogP contribution is 2.45. The lowest BCUT2D eigenvalue weighted by Crippen LogP contribution is -2.26. The van der Waals surface area contributed by atoms with Crippen molar-refractivity contribution in [2.75, 3.05) is 18.0 Å². The van der Waals surface area contributed by atoms with Gasteiger partial charge in [-0.3, -0.25) is 20.2 Å². The van der Waals surface area contributed by atoms with Crippen LogP contribution in [0.1, 0.15) is 32.3 Å². The predicted molar refractivity (Wildman–Crippen MR) is 77.5 cm³/mol. The van der Waals surface area contributed by atoms with Crippen molar-refractivity contribution in [1.82, 2.24) is 0 Å². The maximum Gasteiger partial charge on any atom is 0.423 e. The molecule has 1 aromatic rings. The average molecular weight is 335 g/mol. The first-order valence-electron chi connectivity index (χ1n) is 6.93. The Morgan fingerprint density at radius 3 is 1.83 bits per heavy atom. The third-order valence-corrected chi connectivity index (χ3v) is 3.13. The van der Waals surface area contributed by atoms with Crippen LogP contribution < -0.4 is 4.90 Å². The molecule has 0 aliphatic rings. The van der Waals surface area contributed by atoms with E-state index in [1.54, 1.807) is 13.8 Å². The maximum absolute atomic E-state index is 12.9. The lowest BCUT2D eigenvalue weighted by molar-refractivity contribution is -0.423. The van der Waals surface area contributed by atoms with E-state index in [1.807, 2.05) is 0 Å². The van der Waals surface area contributed by atoms with Crippen molar-refractivity contribution in [3.8, 4) is 0 Å². The monoisotopic (exact) mass is 335 g/mol. The molecule has 0 aliphatic carbocycles. The molecule has 0 saturated carbocycles. The van der Waals surface area contributed by atoms with E-state index in [0.717, 1.165) is 6.07 Å². The molecular formula is C13H16F3N3O4. The summed E-state index contributed by atoms with van der Waals surface area (Å²) in [5.74, 6) is 0. The highest BCUT2D eigenvalue weighted by molar-refractivity contribution is 5.75. The molecule has 0 N–H and O–H groups in total. The van der Waals surface area contributed by atoms with Crippen molar-refractivity contribution in [2.45, 2.75) is 32.9 Å². The molecule has 10 heteroatoms. The van der Waals surface area contributed by atoms with Crippen molar-refractivity contribution in [3.63, 3.8) is 0 Å². The molecule has 0 fully saturated rings. The highest BCUT2D eigenvalue weighted by Gasteiger charge is 2.45. The lowest BCUT2D eigenvalue weighted by atomic mass is 10.1. The molecule has 1 aromatic carbocycles. The summed E-state index contributed by atoms with van der Waals surface area (Å²) >= 11 is 0. The lowest BCUT2D eigenvalue weighted by Gasteiger charge is -2.23. The van der Waals surface area contributed by atoms with Gasteiger partial charge in [0.2, 0.25) is 0 Å². The van der Waals surface area contributed by atoms with Gasteiger partial charge in [-0.1, -0.05) is 13.8 Å². The molecule has 0 amide bonds. The molecule has 1 rings (SSSR count). The zero-order valence-electron chi connectivity index (χ0n) is 12.6. The van der Waals surface area contributed by atoms with Crippen LogP contribution >= 0.6 is 0 Å².